The number of ether oxygens (including phenoxy) is 3. The van der Waals surface area contributed by atoms with Crippen molar-refractivity contribution in [1.29, 1.82) is 0 Å². The second kappa shape index (κ2) is 11.3. The molecule has 196 valence electrons. The van der Waals surface area contributed by atoms with E-state index in [-0.39, 0.29) is 12.0 Å². The number of halogens is 2. The van der Waals surface area contributed by atoms with Gasteiger partial charge >= 0.3 is 0 Å². The number of aromatic nitrogens is 2. The minimum atomic E-state index is -1.01. The summed E-state index contributed by atoms with van der Waals surface area (Å²) in [7, 11) is 0. The first-order valence-corrected chi connectivity index (χ1v) is 13.1. The lowest BCUT2D eigenvalue weighted by atomic mass is 10.0. The summed E-state index contributed by atoms with van der Waals surface area (Å²) in [5.74, 6) is -0.119. The van der Waals surface area contributed by atoms with Crippen molar-refractivity contribution in [3.05, 3.63) is 76.8 Å². The van der Waals surface area contributed by atoms with Gasteiger partial charge in [0.25, 0.3) is 0 Å². The number of benzene rings is 2. The Kier molecular flexibility index (Phi) is 7.90. The van der Waals surface area contributed by atoms with Gasteiger partial charge in [0.1, 0.15) is 18.5 Å². The summed E-state index contributed by atoms with van der Waals surface area (Å²) in [4.78, 5) is 19.8. The van der Waals surface area contributed by atoms with Crippen LogP contribution in [0.4, 0.5) is 5.69 Å². The molecule has 2 aromatic carbocycles. The average molecular weight is 545 g/mol. The largest absolute Gasteiger partial charge is 0.491 e. The van der Waals surface area contributed by atoms with E-state index in [1.807, 2.05) is 46.0 Å². The third kappa shape index (κ3) is 6.04. The number of amides is 1. The molecule has 1 amide bonds. The van der Waals surface area contributed by atoms with Gasteiger partial charge in [-0.1, -0.05) is 29.3 Å². The highest BCUT2D eigenvalue weighted by Crippen LogP contribution is 2.42. The number of imidazole rings is 1. The molecule has 8 nitrogen and oxygen atoms in total. The molecule has 10 heteroatoms. The molecule has 37 heavy (non-hydrogen) atoms. The van der Waals surface area contributed by atoms with E-state index in [4.69, 9.17) is 37.4 Å². The molecule has 0 bridgehead atoms. The normalized spacial score (nSPS) is 21.9. The number of aryl methyl sites for hydroxylation is 1. The molecule has 0 spiro atoms. The van der Waals surface area contributed by atoms with Gasteiger partial charge in [-0.25, -0.2) is 4.98 Å². The van der Waals surface area contributed by atoms with E-state index in [1.54, 1.807) is 31.6 Å². The molecule has 0 aliphatic carbocycles. The third-order valence-electron chi connectivity index (χ3n) is 6.82. The SMILES string of the molecule is CC(=O)N1CCN(c2ccc(OCC3COC(CCn4ccnc4)(c4ccc(Cl)cc4Cl)O3)cc2)CC1. The van der Waals surface area contributed by atoms with Gasteiger partial charge in [0.05, 0.1) is 18.0 Å². The Balaban J connectivity index is 1.20. The molecule has 2 saturated heterocycles. The Morgan fingerprint density at radius 3 is 2.59 bits per heavy atom. The van der Waals surface area contributed by atoms with E-state index in [0.29, 0.717) is 36.2 Å². The second-order valence-electron chi connectivity index (χ2n) is 9.28. The monoisotopic (exact) mass is 544 g/mol. The first kappa shape index (κ1) is 25.9. The Bertz CT molecular complexity index is 1200. The molecule has 2 aliphatic rings. The summed E-state index contributed by atoms with van der Waals surface area (Å²) in [5, 5.41) is 1.06. The highest BCUT2D eigenvalue weighted by Gasteiger charge is 2.44. The van der Waals surface area contributed by atoms with Crippen molar-refractivity contribution in [3.63, 3.8) is 0 Å². The molecule has 0 N–H and O–H groups in total. The number of hydrogen-bond acceptors (Lipinski definition) is 6. The first-order valence-electron chi connectivity index (χ1n) is 12.4. The van der Waals surface area contributed by atoms with Crippen molar-refractivity contribution >= 4 is 34.8 Å². The van der Waals surface area contributed by atoms with Gasteiger partial charge in [0.2, 0.25) is 5.91 Å². The maximum atomic E-state index is 11.6. The van der Waals surface area contributed by atoms with Crippen LogP contribution in [0.5, 0.6) is 5.75 Å². The average Bonchev–Trinajstić information content (AvgIpc) is 3.57. The van der Waals surface area contributed by atoms with Crippen molar-refractivity contribution in [2.24, 2.45) is 0 Å². The van der Waals surface area contributed by atoms with Crippen LogP contribution in [-0.2, 0) is 26.6 Å². The lowest BCUT2D eigenvalue weighted by Gasteiger charge is -2.35. The molecule has 0 saturated carbocycles. The van der Waals surface area contributed by atoms with Crippen LogP contribution in [0.3, 0.4) is 0 Å². The molecule has 2 atom stereocenters. The Morgan fingerprint density at radius 2 is 1.92 bits per heavy atom. The van der Waals surface area contributed by atoms with Crippen molar-refractivity contribution in [1.82, 2.24) is 14.5 Å². The van der Waals surface area contributed by atoms with Gasteiger partial charge in [-0.15, -0.1) is 0 Å². The lowest BCUT2D eigenvalue weighted by Crippen LogP contribution is -2.48. The molecular formula is C27H30Cl2N4O4. The number of hydrogen-bond donors (Lipinski definition) is 0. The Morgan fingerprint density at radius 1 is 1.14 bits per heavy atom. The van der Waals surface area contributed by atoms with Crippen LogP contribution in [0.25, 0.3) is 0 Å². The maximum Gasteiger partial charge on any atom is 0.219 e. The van der Waals surface area contributed by atoms with Gasteiger partial charge in [0.15, 0.2) is 5.79 Å². The lowest BCUT2D eigenvalue weighted by molar-refractivity contribution is -0.186. The highest BCUT2D eigenvalue weighted by atomic mass is 35.5. The summed E-state index contributed by atoms with van der Waals surface area (Å²) < 4.78 is 20.8. The topological polar surface area (TPSA) is 69.1 Å². The fourth-order valence-corrected chi connectivity index (χ4v) is 5.32. The van der Waals surface area contributed by atoms with Crippen molar-refractivity contribution in [3.8, 4) is 5.75 Å². The minimum absolute atomic E-state index is 0.130. The Labute approximate surface area is 226 Å². The van der Waals surface area contributed by atoms with Gasteiger partial charge in [-0.3, -0.25) is 4.79 Å². The van der Waals surface area contributed by atoms with E-state index in [0.717, 1.165) is 43.2 Å². The summed E-state index contributed by atoms with van der Waals surface area (Å²) in [6, 6.07) is 13.4. The van der Waals surface area contributed by atoms with E-state index >= 15 is 0 Å². The summed E-state index contributed by atoms with van der Waals surface area (Å²) >= 11 is 12.7. The van der Waals surface area contributed by atoms with Gasteiger partial charge in [-0.2, -0.15) is 0 Å². The fourth-order valence-electron chi connectivity index (χ4n) is 4.77. The summed E-state index contributed by atoms with van der Waals surface area (Å²) in [6.07, 6.45) is 5.69. The predicted octanol–water partition coefficient (Wildman–Crippen LogP) is 4.60. The predicted molar refractivity (Wildman–Crippen MR) is 142 cm³/mol. The van der Waals surface area contributed by atoms with Crippen molar-refractivity contribution in [2.45, 2.75) is 31.8 Å². The molecule has 2 aliphatic heterocycles. The molecule has 0 radical (unpaired) electrons. The standard InChI is InChI=1S/C27H30Cl2N4O4/c1-20(34)32-12-14-33(15-13-32)22-3-5-23(6-4-22)35-17-24-18-36-27(37-24,8-10-31-11-9-30-19-31)25-7-2-21(28)16-26(25)29/h2-7,9,11,16,19,24H,8,10,12-15,17-18H2,1H3. The highest BCUT2D eigenvalue weighted by molar-refractivity contribution is 6.35. The van der Waals surface area contributed by atoms with E-state index in [2.05, 4.69) is 9.88 Å². The van der Waals surface area contributed by atoms with Crippen LogP contribution in [0.1, 0.15) is 18.9 Å². The first-order chi connectivity index (χ1) is 17.9. The second-order valence-corrected chi connectivity index (χ2v) is 10.1. The van der Waals surface area contributed by atoms with Crippen LogP contribution in [0, 0.1) is 0 Å². The van der Waals surface area contributed by atoms with Crippen LogP contribution in [-0.4, -0.2) is 65.9 Å². The van der Waals surface area contributed by atoms with Crippen molar-refractivity contribution in [2.75, 3.05) is 44.3 Å². The van der Waals surface area contributed by atoms with Crippen LogP contribution in [0.2, 0.25) is 10.0 Å². The van der Waals surface area contributed by atoms with Crippen LogP contribution < -0.4 is 9.64 Å². The molecule has 3 aromatic rings. The maximum absolute atomic E-state index is 11.6. The van der Waals surface area contributed by atoms with E-state index in [1.165, 1.54) is 0 Å². The number of nitrogens with zero attached hydrogens (tertiary/aromatic N) is 4. The quantitative estimate of drug-likeness (QED) is 0.413. The van der Waals surface area contributed by atoms with Gasteiger partial charge in [0, 0.05) is 74.7 Å². The van der Waals surface area contributed by atoms with Crippen LogP contribution in [0.15, 0.2) is 61.2 Å². The van der Waals surface area contributed by atoms with Gasteiger partial charge < -0.3 is 28.6 Å². The number of anilines is 1. The fraction of sp³-hybridized carbons (Fsp3) is 0.407. The Hall–Kier alpha value is -2.78. The molecule has 3 heterocycles. The van der Waals surface area contributed by atoms with Crippen molar-refractivity contribution < 1.29 is 19.0 Å². The number of piperazine rings is 1. The van der Waals surface area contributed by atoms with Crippen LogP contribution >= 0.6 is 23.2 Å². The molecule has 5 rings (SSSR count). The third-order valence-corrected chi connectivity index (χ3v) is 7.37. The minimum Gasteiger partial charge on any atom is -0.491 e. The van der Waals surface area contributed by atoms with E-state index < -0.39 is 5.79 Å². The number of carbonyl (C=O) groups is 1. The summed E-state index contributed by atoms with van der Waals surface area (Å²) in [5.41, 5.74) is 1.86. The van der Waals surface area contributed by atoms with E-state index in [9.17, 15) is 4.79 Å². The zero-order chi connectivity index (χ0) is 25.8. The van der Waals surface area contributed by atoms with Gasteiger partial charge in [-0.05, 0) is 36.4 Å². The zero-order valence-corrected chi connectivity index (χ0v) is 22.2. The molecular weight excluding hydrogens is 515 g/mol. The summed E-state index contributed by atoms with van der Waals surface area (Å²) in [6.45, 7) is 6.11. The molecule has 2 fully saturated rings. The number of rotatable bonds is 8. The number of carbonyl (C=O) groups excluding carboxylic acids is 1. The molecule has 2 unspecified atom stereocenters. The zero-order valence-electron chi connectivity index (χ0n) is 20.7. The smallest absolute Gasteiger partial charge is 0.219 e. The molecule has 1 aromatic heterocycles.